The third kappa shape index (κ3) is 2.28. The first-order valence-electron chi connectivity index (χ1n) is 2.33. The first kappa shape index (κ1) is 6.56. The van der Waals surface area contributed by atoms with E-state index in [-0.39, 0.29) is 5.48 Å². The van der Waals surface area contributed by atoms with E-state index < -0.39 is 0 Å². The summed E-state index contributed by atoms with van der Waals surface area (Å²) in [5.74, 6) is 0. The molecule has 1 rings (SSSR count). The van der Waals surface area contributed by atoms with Gasteiger partial charge >= 0.3 is 0 Å². The Bertz CT molecular complexity index is 54.7. The fourth-order valence-corrected chi connectivity index (χ4v) is 0.506. The van der Waals surface area contributed by atoms with E-state index in [1.807, 2.05) is 0 Å². The summed E-state index contributed by atoms with van der Waals surface area (Å²) >= 11 is 0. The molecule has 0 aromatic carbocycles. The van der Waals surface area contributed by atoms with Crippen LogP contribution in [-0.2, 0) is 5.48 Å². The molecule has 1 aliphatic rings. The van der Waals surface area contributed by atoms with Gasteiger partial charge in [0.2, 0.25) is 0 Å². The molecule has 0 atom stereocenters. The zero-order valence-corrected chi connectivity index (χ0v) is 4.13. The first-order valence-corrected chi connectivity index (χ1v) is 2.33. The Morgan fingerprint density at radius 1 is 0.857 bits per heavy atom. The van der Waals surface area contributed by atoms with Crippen molar-refractivity contribution in [3.8, 4) is 0 Å². The minimum atomic E-state index is 0. The van der Waals surface area contributed by atoms with Crippen LogP contribution in [0.4, 0.5) is 0 Å². The first-order chi connectivity index (χ1) is 3.00. The Hall–Kier alpha value is -0.440. The molecule has 0 fully saturated rings. The van der Waals surface area contributed by atoms with Crippen LogP contribution < -0.4 is 0 Å². The Balaban J connectivity index is 0.000000360. The fourth-order valence-electron chi connectivity index (χ4n) is 0.506. The number of rotatable bonds is 0. The van der Waals surface area contributed by atoms with E-state index in [1.165, 1.54) is 12.8 Å². The average Bonchev–Trinajstić information content (AvgIpc) is 1.72. The Kier molecular flexibility index (Phi) is 3.50. The van der Waals surface area contributed by atoms with Gasteiger partial charge in [-0.05, 0) is 12.8 Å². The van der Waals surface area contributed by atoms with Crippen molar-refractivity contribution >= 4 is 0 Å². The molecule has 0 aromatic heterocycles. The number of nitrogens with zero attached hydrogens (tertiary/aromatic N) is 2. The molecule has 0 N–H and O–H groups in total. The molecule has 2 radical (unpaired) electrons. The third-order valence-corrected chi connectivity index (χ3v) is 0.866. The molecule has 0 saturated carbocycles. The molecule has 0 amide bonds. The summed E-state index contributed by atoms with van der Waals surface area (Å²) in [6, 6.07) is 0. The largest absolute Gasteiger partial charge is 0.194 e. The Morgan fingerprint density at radius 3 is 1.43 bits per heavy atom. The molecule has 1 aliphatic heterocycles. The summed E-state index contributed by atoms with van der Waals surface area (Å²) in [7, 11) is 0. The van der Waals surface area contributed by atoms with Gasteiger partial charge in [-0.3, -0.25) is 0 Å². The maximum atomic E-state index is 3.80. The summed E-state index contributed by atoms with van der Waals surface area (Å²) in [4.78, 5) is 0. The maximum absolute atomic E-state index is 3.80. The van der Waals surface area contributed by atoms with Gasteiger partial charge < -0.3 is 0 Å². The molecule has 0 unspecified atom stereocenters. The molecular formula is C4H8N2O. The molecule has 0 aromatic rings. The number of hydrogen-bond acceptors (Lipinski definition) is 2. The predicted molar refractivity (Wildman–Crippen MR) is 24.5 cm³/mol. The third-order valence-electron chi connectivity index (χ3n) is 0.866. The van der Waals surface area contributed by atoms with Gasteiger partial charge in [-0.15, -0.1) is 0 Å². The van der Waals surface area contributed by atoms with Gasteiger partial charge in [-0.1, -0.05) is 0 Å². The SMILES string of the molecule is C1CCN=NC1.[O]. The predicted octanol–water partition coefficient (Wildman–Crippen LogP) is 1.11. The quantitative estimate of drug-likeness (QED) is 0.438. The highest BCUT2D eigenvalue weighted by Gasteiger charge is 1.89. The Labute approximate surface area is 42.8 Å². The van der Waals surface area contributed by atoms with Crippen LogP contribution in [0.3, 0.4) is 0 Å². The van der Waals surface area contributed by atoms with Gasteiger partial charge in [0.1, 0.15) is 0 Å². The van der Waals surface area contributed by atoms with Crippen molar-refractivity contribution in [3.05, 3.63) is 0 Å². The van der Waals surface area contributed by atoms with Crippen LogP contribution in [0.15, 0.2) is 10.2 Å². The van der Waals surface area contributed by atoms with E-state index in [1.54, 1.807) is 0 Å². The lowest BCUT2D eigenvalue weighted by atomic mass is 10.3. The average molecular weight is 100 g/mol. The van der Waals surface area contributed by atoms with Gasteiger partial charge in [0.15, 0.2) is 0 Å². The van der Waals surface area contributed by atoms with Crippen molar-refractivity contribution in [2.45, 2.75) is 12.8 Å². The molecule has 3 heteroatoms. The lowest BCUT2D eigenvalue weighted by Crippen LogP contribution is -1.89. The van der Waals surface area contributed by atoms with Crippen LogP contribution in [0.2, 0.25) is 0 Å². The van der Waals surface area contributed by atoms with Gasteiger partial charge in [0.05, 0.1) is 13.1 Å². The molecule has 0 bridgehead atoms. The van der Waals surface area contributed by atoms with E-state index in [9.17, 15) is 0 Å². The molecule has 7 heavy (non-hydrogen) atoms. The normalized spacial score (nSPS) is 18.3. The lowest BCUT2D eigenvalue weighted by molar-refractivity contribution is 0.650. The van der Waals surface area contributed by atoms with Crippen LogP contribution in [0.1, 0.15) is 12.8 Å². The van der Waals surface area contributed by atoms with Crippen LogP contribution in [0, 0.1) is 0 Å². The molecule has 0 aliphatic carbocycles. The lowest BCUT2D eigenvalue weighted by Gasteiger charge is -1.96. The van der Waals surface area contributed by atoms with E-state index in [2.05, 4.69) is 10.2 Å². The van der Waals surface area contributed by atoms with Crippen LogP contribution >= 0.6 is 0 Å². The van der Waals surface area contributed by atoms with Crippen molar-refractivity contribution < 1.29 is 5.48 Å². The highest BCUT2D eigenvalue weighted by molar-refractivity contribution is 4.50. The molecule has 0 spiro atoms. The van der Waals surface area contributed by atoms with E-state index in [4.69, 9.17) is 0 Å². The van der Waals surface area contributed by atoms with E-state index in [0.29, 0.717) is 0 Å². The Morgan fingerprint density at radius 2 is 1.29 bits per heavy atom. The maximum Gasteiger partial charge on any atom is 0.0599 e. The van der Waals surface area contributed by atoms with Gasteiger partial charge in [-0.25, -0.2) is 0 Å². The van der Waals surface area contributed by atoms with Gasteiger partial charge in [-0.2, -0.15) is 10.2 Å². The van der Waals surface area contributed by atoms with Crippen LogP contribution in [0.25, 0.3) is 0 Å². The topological polar surface area (TPSA) is 53.2 Å². The van der Waals surface area contributed by atoms with Crippen molar-refractivity contribution in [2.75, 3.05) is 13.1 Å². The summed E-state index contributed by atoms with van der Waals surface area (Å²) in [5, 5.41) is 7.60. The molecular weight excluding hydrogens is 92.1 g/mol. The second-order valence-electron chi connectivity index (χ2n) is 1.44. The molecule has 0 saturated heterocycles. The van der Waals surface area contributed by atoms with Crippen molar-refractivity contribution in [1.29, 1.82) is 0 Å². The molecule has 3 nitrogen and oxygen atoms in total. The standard InChI is InChI=1S/C4H8N2.O/c1-2-4-6-5-3-1;/h1-4H2;. The van der Waals surface area contributed by atoms with Crippen LogP contribution in [0.5, 0.6) is 0 Å². The van der Waals surface area contributed by atoms with E-state index in [0.717, 1.165) is 13.1 Å². The van der Waals surface area contributed by atoms with Crippen molar-refractivity contribution in [3.63, 3.8) is 0 Å². The molecule has 40 valence electrons. The minimum Gasteiger partial charge on any atom is -0.194 e. The summed E-state index contributed by atoms with van der Waals surface area (Å²) in [6.07, 6.45) is 2.48. The summed E-state index contributed by atoms with van der Waals surface area (Å²) < 4.78 is 0. The zero-order chi connectivity index (χ0) is 4.24. The van der Waals surface area contributed by atoms with Crippen LogP contribution in [-0.4, -0.2) is 13.1 Å². The fraction of sp³-hybridized carbons (Fsp3) is 1.00. The zero-order valence-electron chi connectivity index (χ0n) is 4.13. The minimum absolute atomic E-state index is 0. The molecule has 1 heterocycles. The highest BCUT2D eigenvalue weighted by atomic mass is 16.0. The van der Waals surface area contributed by atoms with E-state index >= 15 is 0 Å². The second kappa shape index (κ2) is 3.74. The van der Waals surface area contributed by atoms with Gasteiger partial charge in [0, 0.05) is 5.48 Å². The second-order valence-corrected chi connectivity index (χ2v) is 1.44. The summed E-state index contributed by atoms with van der Waals surface area (Å²) in [5.41, 5.74) is 0. The highest BCUT2D eigenvalue weighted by Crippen LogP contribution is 1.96. The van der Waals surface area contributed by atoms with Crippen molar-refractivity contribution in [1.82, 2.24) is 0 Å². The monoisotopic (exact) mass is 100 g/mol. The summed E-state index contributed by atoms with van der Waals surface area (Å²) in [6.45, 7) is 1.92. The van der Waals surface area contributed by atoms with Crippen molar-refractivity contribution in [2.24, 2.45) is 10.2 Å². The van der Waals surface area contributed by atoms with Gasteiger partial charge in [0.25, 0.3) is 0 Å². The smallest absolute Gasteiger partial charge is 0.0599 e. The number of azo groups is 1. The number of hydrogen-bond donors (Lipinski definition) is 0.